The van der Waals surface area contributed by atoms with Crippen LogP contribution in [-0.2, 0) is 10.0 Å². The van der Waals surface area contributed by atoms with E-state index < -0.39 is 10.0 Å². The lowest BCUT2D eigenvalue weighted by molar-refractivity contribution is 0.245. The number of rotatable bonds is 8. The fourth-order valence-corrected chi connectivity index (χ4v) is 4.54. The highest BCUT2D eigenvalue weighted by molar-refractivity contribution is 7.89. The van der Waals surface area contributed by atoms with Crippen molar-refractivity contribution in [3.05, 3.63) is 0 Å². The molecule has 114 valence electrons. The standard InChI is InChI=1S/C14H30N2O2S/c1-4-9-15-12-14-7-5-6-10-16(14)19(17,18)11-8-13(2)3/h13-15H,4-12H2,1-3H3. The molecule has 1 rings (SSSR count). The van der Waals surface area contributed by atoms with Crippen molar-refractivity contribution < 1.29 is 8.42 Å². The topological polar surface area (TPSA) is 49.4 Å². The van der Waals surface area contributed by atoms with Crippen LogP contribution in [0.25, 0.3) is 0 Å². The van der Waals surface area contributed by atoms with Gasteiger partial charge in [-0.3, -0.25) is 0 Å². The molecule has 0 saturated carbocycles. The Morgan fingerprint density at radius 1 is 1.32 bits per heavy atom. The lowest BCUT2D eigenvalue weighted by atomic mass is 10.1. The zero-order chi connectivity index (χ0) is 14.3. The van der Waals surface area contributed by atoms with Gasteiger partial charge < -0.3 is 5.32 Å². The third-order valence-electron chi connectivity index (χ3n) is 3.69. The van der Waals surface area contributed by atoms with E-state index in [1.54, 1.807) is 4.31 Å². The van der Waals surface area contributed by atoms with E-state index in [0.29, 0.717) is 18.2 Å². The SMILES string of the molecule is CCCNCC1CCCCN1S(=O)(=O)CCC(C)C. The van der Waals surface area contributed by atoms with Crippen LogP contribution in [0.5, 0.6) is 0 Å². The molecule has 19 heavy (non-hydrogen) atoms. The first-order valence-corrected chi connectivity index (χ1v) is 9.28. The predicted octanol–water partition coefficient (Wildman–Crippen LogP) is 2.22. The molecule has 1 heterocycles. The highest BCUT2D eigenvalue weighted by Gasteiger charge is 2.31. The van der Waals surface area contributed by atoms with E-state index >= 15 is 0 Å². The van der Waals surface area contributed by atoms with E-state index in [9.17, 15) is 8.42 Å². The maximum atomic E-state index is 12.4. The summed E-state index contributed by atoms with van der Waals surface area (Å²) in [4.78, 5) is 0. The molecule has 0 radical (unpaired) electrons. The molecule has 1 aliphatic rings. The average Bonchev–Trinajstić information content (AvgIpc) is 2.37. The number of hydrogen-bond acceptors (Lipinski definition) is 3. The molecule has 0 amide bonds. The average molecular weight is 290 g/mol. The van der Waals surface area contributed by atoms with Crippen molar-refractivity contribution in [3.8, 4) is 0 Å². The van der Waals surface area contributed by atoms with Gasteiger partial charge in [-0.15, -0.1) is 0 Å². The highest BCUT2D eigenvalue weighted by atomic mass is 32.2. The summed E-state index contributed by atoms with van der Waals surface area (Å²) in [6.45, 7) is 8.76. The van der Waals surface area contributed by atoms with Gasteiger partial charge >= 0.3 is 0 Å². The van der Waals surface area contributed by atoms with Crippen LogP contribution in [0.2, 0.25) is 0 Å². The van der Waals surface area contributed by atoms with Crippen LogP contribution in [0.1, 0.15) is 52.9 Å². The summed E-state index contributed by atoms with van der Waals surface area (Å²) in [5.41, 5.74) is 0. The Balaban J connectivity index is 2.59. The molecular weight excluding hydrogens is 260 g/mol. The van der Waals surface area contributed by atoms with E-state index in [0.717, 1.165) is 45.2 Å². The first-order valence-electron chi connectivity index (χ1n) is 7.67. The normalized spacial score (nSPS) is 22.0. The van der Waals surface area contributed by atoms with Gasteiger partial charge in [-0.05, 0) is 38.1 Å². The number of sulfonamides is 1. The summed E-state index contributed by atoms with van der Waals surface area (Å²) >= 11 is 0. The number of hydrogen-bond donors (Lipinski definition) is 1. The van der Waals surface area contributed by atoms with Crippen molar-refractivity contribution in [2.45, 2.75) is 58.9 Å². The summed E-state index contributed by atoms with van der Waals surface area (Å²) in [6.07, 6.45) is 5.00. The van der Waals surface area contributed by atoms with Gasteiger partial charge in [0.05, 0.1) is 5.75 Å². The molecule has 0 spiro atoms. The van der Waals surface area contributed by atoms with Crippen molar-refractivity contribution in [1.29, 1.82) is 0 Å². The van der Waals surface area contributed by atoms with Gasteiger partial charge in [-0.1, -0.05) is 27.2 Å². The molecule has 5 heteroatoms. The molecule has 1 saturated heterocycles. The molecule has 1 N–H and O–H groups in total. The quantitative estimate of drug-likeness (QED) is 0.697. The predicted molar refractivity (Wildman–Crippen MR) is 80.7 cm³/mol. The first-order chi connectivity index (χ1) is 8.97. The maximum Gasteiger partial charge on any atom is 0.214 e. The van der Waals surface area contributed by atoms with Gasteiger partial charge in [0.2, 0.25) is 10.0 Å². The van der Waals surface area contributed by atoms with Crippen molar-refractivity contribution >= 4 is 10.0 Å². The molecule has 0 bridgehead atoms. The van der Waals surface area contributed by atoms with E-state index in [1.807, 2.05) is 0 Å². The van der Waals surface area contributed by atoms with Gasteiger partial charge in [0.25, 0.3) is 0 Å². The molecule has 1 atom stereocenters. The van der Waals surface area contributed by atoms with Gasteiger partial charge in [0, 0.05) is 19.1 Å². The lowest BCUT2D eigenvalue weighted by Gasteiger charge is -2.35. The zero-order valence-corrected chi connectivity index (χ0v) is 13.5. The Morgan fingerprint density at radius 2 is 2.05 bits per heavy atom. The van der Waals surface area contributed by atoms with Gasteiger partial charge in [-0.2, -0.15) is 4.31 Å². The Bertz CT molecular complexity index is 341. The number of piperidine rings is 1. The second-order valence-electron chi connectivity index (χ2n) is 5.96. The minimum absolute atomic E-state index is 0.164. The minimum Gasteiger partial charge on any atom is -0.315 e. The summed E-state index contributed by atoms with van der Waals surface area (Å²) in [5, 5.41) is 3.37. The monoisotopic (exact) mass is 290 g/mol. The van der Waals surface area contributed by atoms with Crippen LogP contribution in [0.4, 0.5) is 0 Å². The second kappa shape index (κ2) is 8.22. The minimum atomic E-state index is -3.07. The molecule has 4 nitrogen and oxygen atoms in total. The number of nitrogens with one attached hydrogen (secondary N) is 1. The van der Waals surface area contributed by atoms with Crippen molar-refractivity contribution in [1.82, 2.24) is 9.62 Å². The van der Waals surface area contributed by atoms with E-state index in [4.69, 9.17) is 0 Å². The van der Waals surface area contributed by atoms with Crippen LogP contribution in [0.15, 0.2) is 0 Å². The van der Waals surface area contributed by atoms with Gasteiger partial charge in [-0.25, -0.2) is 8.42 Å². The Morgan fingerprint density at radius 3 is 2.68 bits per heavy atom. The third-order valence-corrected chi connectivity index (χ3v) is 5.64. The van der Waals surface area contributed by atoms with Gasteiger partial charge in [0.15, 0.2) is 0 Å². The molecule has 1 aliphatic heterocycles. The number of nitrogens with zero attached hydrogens (tertiary/aromatic N) is 1. The molecule has 0 aliphatic carbocycles. The third kappa shape index (κ3) is 5.79. The molecule has 1 unspecified atom stereocenters. The molecule has 0 aromatic carbocycles. The second-order valence-corrected chi connectivity index (χ2v) is 8.00. The van der Waals surface area contributed by atoms with Crippen LogP contribution >= 0.6 is 0 Å². The molecule has 1 fully saturated rings. The van der Waals surface area contributed by atoms with E-state index in [-0.39, 0.29) is 6.04 Å². The maximum absolute atomic E-state index is 12.4. The van der Waals surface area contributed by atoms with E-state index in [2.05, 4.69) is 26.1 Å². The van der Waals surface area contributed by atoms with Crippen molar-refractivity contribution in [2.24, 2.45) is 5.92 Å². The fourth-order valence-electron chi connectivity index (χ4n) is 2.49. The summed E-state index contributed by atoms with van der Waals surface area (Å²) in [5.74, 6) is 0.741. The zero-order valence-electron chi connectivity index (χ0n) is 12.7. The van der Waals surface area contributed by atoms with Crippen molar-refractivity contribution in [2.75, 3.05) is 25.4 Å². The fraction of sp³-hybridized carbons (Fsp3) is 1.00. The van der Waals surface area contributed by atoms with Crippen LogP contribution in [0, 0.1) is 5.92 Å². The van der Waals surface area contributed by atoms with Crippen LogP contribution < -0.4 is 5.32 Å². The van der Waals surface area contributed by atoms with Gasteiger partial charge in [0.1, 0.15) is 0 Å². The molecule has 0 aromatic heterocycles. The molecule has 0 aromatic rings. The smallest absolute Gasteiger partial charge is 0.214 e. The first kappa shape index (κ1) is 16.9. The van der Waals surface area contributed by atoms with Crippen LogP contribution in [0.3, 0.4) is 0 Å². The lowest BCUT2D eigenvalue weighted by Crippen LogP contribution is -2.49. The summed E-state index contributed by atoms with van der Waals surface area (Å²) in [6, 6.07) is 0.164. The van der Waals surface area contributed by atoms with Crippen LogP contribution in [-0.4, -0.2) is 44.2 Å². The largest absolute Gasteiger partial charge is 0.315 e. The summed E-state index contributed by atoms with van der Waals surface area (Å²) < 4.78 is 26.6. The Labute approximate surface area is 119 Å². The Hall–Kier alpha value is -0.130. The van der Waals surface area contributed by atoms with E-state index in [1.165, 1.54) is 0 Å². The van der Waals surface area contributed by atoms with Crippen molar-refractivity contribution in [3.63, 3.8) is 0 Å². The Kier molecular flexibility index (Phi) is 7.32. The summed E-state index contributed by atoms with van der Waals surface area (Å²) in [7, 11) is -3.07. The molecular formula is C14H30N2O2S. The highest BCUT2D eigenvalue weighted by Crippen LogP contribution is 2.21.